The molecule has 1 N–H and O–H groups in total. The zero-order chi connectivity index (χ0) is 18.7. The van der Waals surface area contributed by atoms with Crippen LogP contribution in [0.15, 0.2) is 46.3 Å². The summed E-state index contributed by atoms with van der Waals surface area (Å²) in [5, 5.41) is 14.1. The first-order valence-electron chi connectivity index (χ1n) is 7.10. The second-order valence-corrected chi connectivity index (χ2v) is 5.50. The largest absolute Gasteiger partial charge is 0.466 e. The zero-order valence-electron chi connectivity index (χ0n) is 13.7. The third-order valence-electron chi connectivity index (χ3n) is 3.77. The van der Waals surface area contributed by atoms with Gasteiger partial charge in [-0.15, -0.1) is 0 Å². The summed E-state index contributed by atoms with van der Waals surface area (Å²) in [6.07, 6.45) is 0. The number of ether oxygens (including phenoxy) is 2. The van der Waals surface area contributed by atoms with Crippen molar-refractivity contribution in [2.75, 3.05) is 14.2 Å². The fourth-order valence-corrected chi connectivity index (χ4v) is 3.02. The maximum atomic E-state index is 12.3. The molecule has 9 heteroatoms. The van der Waals surface area contributed by atoms with Gasteiger partial charge in [-0.1, -0.05) is 29.8 Å². The average molecular weight is 367 g/mol. The van der Waals surface area contributed by atoms with Gasteiger partial charge in [-0.2, -0.15) is 0 Å². The molecular weight excluding hydrogens is 352 g/mol. The number of hydrogen-bond acceptors (Lipinski definition) is 7. The Hall–Kier alpha value is -2.87. The lowest BCUT2D eigenvalue weighted by atomic mass is 9.81. The van der Waals surface area contributed by atoms with Gasteiger partial charge in [-0.25, -0.2) is 9.59 Å². The number of nitrogens with one attached hydrogen (secondary N) is 1. The van der Waals surface area contributed by atoms with Crippen molar-refractivity contribution in [3.8, 4) is 0 Å². The minimum atomic E-state index is -1.10. The number of rotatable bonds is 4. The predicted molar refractivity (Wildman–Crippen MR) is 88.6 cm³/mol. The number of nitro groups is 1. The summed E-state index contributed by atoms with van der Waals surface area (Å²) in [6, 6.07) is 5.79. The van der Waals surface area contributed by atoms with E-state index in [0.29, 0.717) is 5.70 Å². The van der Waals surface area contributed by atoms with Crippen LogP contribution in [0.25, 0.3) is 0 Å². The van der Waals surface area contributed by atoms with Crippen LogP contribution in [0.4, 0.5) is 5.69 Å². The van der Waals surface area contributed by atoms with Gasteiger partial charge in [-0.3, -0.25) is 10.1 Å². The molecule has 0 spiro atoms. The third kappa shape index (κ3) is 3.34. The summed E-state index contributed by atoms with van der Waals surface area (Å²) < 4.78 is 9.53. The topological polar surface area (TPSA) is 108 Å². The molecule has 0 amide bonds. The number of carbonyl (C=O) groups excluding carboxylic acids is 2. The molecule has 0 bridgehead atoms. The normalized spacial score (nSPS) is 17.0. The highest BCUT2D eigenvalue weighted by Gasteiger charge is 2.41. The molecule has 1 unspecified atom stereocenters. The van der Waals surface area contributed by atoms with Crippen molar-refractivity contribution in [1.82, 2.24) is 5.32 Å². The molecule has 8 nitrogen and oxygen atoms in total. The smallest absolute Gasteiger partial charge is 0.337 e. The Labute approximate surface area is 148 Å². The number of allylic oxidation sites excluding steroid dienone is 1. The van der Waals surface area contributed by atoms with Gasteiger partial charge in [0.1, 0.15) is 5.16 Å². The summed E-state index contributed by atoms with van der Waals surface area (Å²) in [6.45, 7) is 1.56. The van der Waals surface area contributed by atoms with Crippen LogP contribution < -0.4 is 5.32 Å². The van der Waals surface area contributed by atoms with Crippen molar-refractivity contribution in [2.45, 2.75) is 12.8 Å². The zero-order valence-corrected chi connectivity index (χ0v) is 14.4. The Morgan fingerprint density at radius 2 is 1.72 bits per heavy atom. The standard InChI is InChI=1S/C16H15ClN2O6/c1-8-11(15(20)24-2)12(13(14(17)18-8)16(21)25-3)9-6-4-5-7-10(9)19(22)23/h4-7,12,18H,1-3H3. The Kier molecular flexibility index (Phi) is 5.43. The van der Waals surface area contributed by atoms with Crippen molar-refractivity contribution in [3.63, 3.8) is 0 Å². The van der Waals surface area contributed by atoms with Gasteiger partial charge < -0.3 is 14.8 Å². The molecule has 2 rings (SSSR count). The van der Waals surface area contributed by atoms with Gasteiger partial charge in [0.05, 0.1) is 36.2 Å². The molecule has 1 atom stereocenters. The number of hydrogen-bond donors (Lipinski definition) is 1. The van der Waals surface area contributed by atoms with Crippen LogP contribution in [-0.2, 0) is 19.1 Å². The van der Waals surface area contributed by atoms with Gasteiger partial charge in [0.15, 0.2) is 0 Å². The van der Waals surface area contributed by atoms with Crippen molar-refractivity contribution < 1.29 is 24.0 Å². The first-order chi connectivity index (χ1) is 11.8. The minimum Gasteiger partial charge on any atom is -0.466 e. The van der Waals surface area contributed by atoms with E-state index in [4.69, 9.17) is 21.1 Å². The molecule has 1 aliphatic rings. The van der Waals surface area contributed by atoms with Gasteiger partial charge in [0.2, 0.25) is 0 Å². The van der Waals surface area contributed by atoms with E-state index in [-0.39, 0.29) is 27.6 Å². The highest BCUT2D eigenvalue weighted by molar-refractivity contribution is 6.32. The van der Waals surface area contributed by atoms with Crippen LogP contribution in [0.2, 0.25) is 0 Å². The number of dihydropyridines is 1. The van der Waals surface area contributed by atoms with Crippen molar-refractivity contribution >= 4 is 29.2 Å². The van der Waals surface area contributed by atoms with Gasteiger partial charge in [-0.05, 0) is 6.92 Å². The highest BCUT2D eigenvalue weighted by Crippen LogP contribution is 2.43. The number of esters is 2. The molecule has 1 heterocycles. The second-order valence-electron chi connectivity index (χ2n) is 5.12. The lowest BCUT2D eigenvalue weighted by Gasteiger charge is -2.28. The molecule has 0 radical (unpaired) electrons. The first-order valence-corrected chi connectivity index (χ1v) is 7.48. The molecule has 0 saturated heterocycles. The molecule has 0 saturated carbocycles. The molecule has 0 aromatic heterocycles. The van der Waals surface area contributed by atoms with Crippen LogP contribution in [0.5, 0.6) is 0 Å². The molecule has 25 heavy (non-hydrogen) atoms. The van der Waals surface area contributed by atoms with Crippen molar-refractivity contribution in [2.24, 2.45) is 0 Å². The summed E-state index contributed by atoms with van der Waals surface area (Å²) >= 11 is 6.15. The number of para-hydroxylation sites is 1. The number of halogens is 1. The molecular formula is C16H15ClN2O6. The SMILES string of the molecule is COC(=O)C1=C(C)NC(Cl)=C(C(=O)OC)C1c1ccccc1[N+](=O)[O-]. The van der Waals surface area contributed by atoms with Crippen LogP contribution >= 0.6 is 11.6 Å². The number of nitro benzene ring substituents is 1. The summed E-state index contributed by atoms with van der Waals surface area (Å²) in [5.41, 5.74) is 0.139. The van der Waals surface area contributed by atoms with E-state index in [1.807, 2.05) is 0 Å². The van der Waals surface area contributed by atoms with E-state index in [9.17, 15) is 19.7 Å². The lowest BCUT2D eigenvalue weighted by Crippen LogP contribution is -2.31. The highest BCUT2D eigenvalue weighted by atomic mass is 35.5. The maximum absolute atomic E-state index is 12.3. The number of nitrogens with zero attached hydrogens (tertiary/aromatic N) is 1. The van der Waals surface area contributed by atoms with Gasteiger partial charge in [0.25, 0.3) is 5.69 Å². The Bertz CT molecular complexity index is 777. The monoisotopic (exact) mass is 366 g/mol. The fourth-order valence-electron chi connectivity index (χ4n) is 2.69. The van der Waals surface area contributed by atoms with Crippen molar-refractivity contribution in [3.05, 3.63) is 61.9 Å². The Morgan fingerprint density at radius 3 is 2.28 bits per heavy atom. The van der Waals surface area contributed by atoms with E-state index in [0.717, 1.165) is 7.11 Å². The molecule has 1 aliphatic heterocycles. The molecule has 1 aromatic carbocycles. The predicted octanol–water partition coefficient (Wildman–Crippen LogP) is 2.35. The first kappa shape index (κ1) is 18.5. The summed E-state index contributed by atoms with van der Waals surface area (Å²) in [4.78, 5) is 35.4. The summed E-state index contributed by atoms with van der Waals surface area (Å²) in [5.74, 6) is -2.65. The minimum absolute atomic E-state index is 0.0431. The Balaban J connectivity index is 2.80. The number of methoxy groups -OCH3 is 2. The van der Waals surface area contributed by atoms with E-state index >= 15 is 0 Å². The van der Waals surface area contributed by atoms with Crippen LogP contribution in [0.1, 0.15) is 18.4 Å². The van der Waals surface area contributed by atoms with Crippen LogP contribution in [-0.4, -0.2) is 31.1 Å². The lowest BCUT2D eigenvalue weighted by molar-refractivity contribution is -0.385. The van der Waals surface area contributed by atoms with E-state index < -0.39 is 22.8 Å². The maximum Gasteiger partial charge on any atom is 0.337 e. The molecule has 0 aliphatic carbocycles. The van der Waals surface area contributed by atoms with Gasteiger partial charge in [0, 0.05) is 17.3 Å². The van der Waals surface area contributed by atoms with Crippen molar-refractivity contribution in [1.29, 1.82) is 0 Å². The number of carbonyl (C=O) groups is 2. The van der Waals surface area contributed by atoms with E-state index in [2.05, 4.69) is 5.32 Å². The van der Waals surface area contributed by atoms with Gasteiger partial charge >= 0.3 is 11.9 Å². The molecule has 132 valence electrons. The quantitative estimate of drug-likeness (QED) is 0.377. The molecule has 0 fully saturated rings. The van der Waals surface area contributed by atoms with Crippen LogP contribution in [0, 0.1) is 10.1 Å². The fraction of sp³-hybridized carbons (Fsp3) is 0.250. The second kappa shape index (κ2) is 7.35. The average Bonchev–Trinajstić information content (AvgIpc) is 2.59. The number of benzene rings is 1. The third-order valence-corrected chi connectivity index (χ3v) is 4.07. The van der Waals surface area contributed by atoms with Crippen LogP contribution in [0.3, 0.4) is 0 Å². The Morgan fingerprint density at radius 1 is 1.16 bits per heavy atom. The van der Waals surface area contributed by atoms with E-state index in [1.165, 1.54) is 25.3 Å². The summed E-state index contributed by atoms with van der Waals surface area (Å²) in [7, 11) is 2.33. The molecule has 1 aromatic rings. The van der Waals surface area contributed by atoms with E-state index in [1.54, 1.807) is 13.0 Å².